The van der Waals surface area contributed by atoms with E-state index in [0.717, 1.165) is 50.2 Å². The standard InChI is InChI=1S/C17H21N3O/c18-15-8-7-14(10-15)17-19-16(20-21-17)13-6-5-11-3-1-2-4-12(11)9-13/h1-4,13-15H,5-10,18H2. The summed E-state index contributed by atoms with van der Waals surface area (Å²) < 4.78 is 5.52. The van der Waals surface area contributed by atoms with Crippen LogP contribution in [0.25, 0.3) is 0 Å². The van der Waals surface area contributed by atoms with Gasteiger partial charge in [0.25, 0.3) is 0 Å². The number of nitrogens with zero attached hydrogens (tertiary/aromatic N) is 2. The van der Waals surface area contributed by atoms with Gasteiger partial charge in [0.2, 0.25) is 5.89 Å². The maximum atomic E-state index is 5.98. The Balaban J connectivity index is 1.52. The van der Waals surface area contributed by atoms with Gasteiger partial charge < -0.3 is 10.3 Å². The van der Waals surface area contributed by atoms with Crippen molar-refractivity contribution in [3.8, 4) is 0 Å². The van der Waals surface area contributed by atoms with E-state index in [4.69, 9.17) is 10.3 Å². The first-order valence-corrected chi connectivity index (χ1v) is 7.95. The van der Waals surface area contributed by atoms with E-state index in [0.29, 0.717) is 17.9 Å². The van der Waals surface area contributed by atoms with E-state index in [1.165, 1.54) is 11.1 Å². The number of fused-ring (bicyclic) bond motifs is 1. The largest absolute Gasteiger partial charge is 0.339 e. The minimum absolute atomic E-state index is 0.298. The van der Waals surface area contributed by atoms with Crippen LogP contribution in [0.3, 0.4) is 0 Å². The molecule has 1 aromatic heterocycles. The van der Waals surface area contributed by atoms with Crippen molar-refractivity contribution < 1.29 is 4.52 Å². The number of aromatic nitrogens is 2. The highest BCUT2D eigenvalue weighted by atomic mass is 16.5. The Kier molecular flexibility index (Phi) is 3.26. The molecular formula is C17H21N3O. The van der Waals surface area contributed by atoms with Crippen molar-refractivity contribution in [3.63, 3.8) is 0 Å². The van der Waals surface area contributed by atoms with Gasteiger partial charge in [-0.05, 0) is 49.7 Å². The number of benzene rings is 1. The summed E-state index contributed by atoms with van der Waals surface area (Å²) in [5, 5.41) is 4.26. The molecule has 0 bridgehead atoms. The Hall–Kier alpha value is -1.68. The molecule has 3 atom stereocenters. The van der Waals surface area contributed by atoms with E-state index in [2.05, 4.69) is 34.4 Å². The van der Waals surface area contributed by atoms with Crippen LogP contribution in [0.2, 0.25) is 0 Å². The summed E-state index contributed by atoms with van der Waals surface area (Å²) in [5.74, 6) is 2.46. The normalized spacial score (nSPS) is 28.5. The Morgan fingerprint density at radius 3 is 2.71 bits per heavy atom. The zero-order valence-electron chi connectivity index (χ0n) is 12.2. The molecule has 21 heavy (non-hydrogen) atoms. The molecule has 1 saturated carbocycles. The lowest BCUT2D eigenvalue weighted by molar-refractivity contribution is 0.345. The summed E-state index contributed by atoms with van der Waals surface area (Å²) in [6.07, 6.45) is 6.38. The summed E-state index contributed by atoms with van der Waals surface area (Å²) in [7, 11) is 0. The predicted molar refractivity (Wildman–Crippen MR) is 80.1 cm³/mol. The third-order valence-electron chi connectivity index (χ3n) is 4.99. The second kappa shape index (κ2) is 5.26. The van der Waals surface area contributed by atoms with Crippen LogP contribution in [-0.2, 0) is 12.8 Å². The number of aryl methyl sites for hydroxylation is 1. The Labute approximate surface area is 124 Å². The molecule has 2 N–H and O–H groups in total. The monoisotopic (exact) mass is 283 g/mol. The van der Waals surface area contributed by atoms with Gasteiger partial charge in [-0.25, -0.2) is 0 Å². The molecule has 2 aliphatic carbocycles. The lowest BCUT2D eigenvalue weighted by atomic mass is 9.83. The number of nitrogens with two attached hydrogens (primary N) is 1. The minimum Gasteiger partial charge on any atom is -0.339 e. The third kappa shape index (κ3) is 2.48. The topological polar surface area (TPSA) is 64.9 Å². The average Bonchev–Trinajstić information content (AvgIpc) is 3.15. The molecule has 4 heteroatoms. The molecule has 2 aliphatic rings. The van der Waals surface area contributed by atoms with Gasteiger partial charge in [0.15, 0.2) is 5.82 Å². The summed E-state index contributed by atoms with van der Waals surface area (Å²) in [4.78, 5) is 4.69. The van der Waals surface area contributed by atoms with Gasteiger partial charge >= 0.3 is 0 Å². The number of hydrogen-bond donors (Lipinski definition) is 1. The van der Waals surface area contributed by atoms with Crippen molar-refractivity contribution >= 4 is 0 Å². The van der Waals surface area contributed by atoms with Crippen molar-refractivity contribution in [3.05, 3.63) is 47.1 Å². The van der Waals surface area contributed by atoms with Gasteiger partial charge in [-0.2, -0.15) is 4.98 Å². The van der Waals surface area contributed by atoms with E-state index < -0.39 is 0 Å². The summed E-state index contributed by atoms with van der Waals surface area (Å²) >= 11 is 0. The van der Waals surface area contributed by atoms with E-state index >= 15 is 0 Å². The molecule has 3 unspecified atom stereocenters. The van der Waals surface area contributed by atoms with Crippen LogP contribution in [0.15, 0.2) is 28.8 Å². The first kappa shape index (κ1) is 13.0. The fourth-order valence-electron chi connectivity index (χ4n) is 3.74. The minimum atomic E-state index is 0.298. The van der Waals surface area contributed by atoms with Gasteiger partial charge in [0, 0.05) is 17.9 Å². The van der Waals surface area contributed by atoms with E-state index in [1.807, 2.05) is 0 Å². The predicted octanol–water partition coefficient (Wildman–Crippen LogP) is 2.94. The molecule has 2 aromatic rings. The SMILES string of the molecule is NC1CCC(c2nc(C3CCc4ccccc4C3)no2)C1. The molecule has 1 fully saturated rings. The second-order valence-electron chi connectivity index (χ2n) is 6.47. The summed E-state index contributed by atoms with van der Waals surface area (Å²) in [6.45, 7) is 0. The molecule has 4 rings (SSSR count). The van der Waals surface area contributed by atoms with Gasteiger partial charge in [0.1, 0.15) is 0 Å². The molecular weight excluding hydrogens is 262 g/mol. The van der Waals surface area contributed by atoms with Crippen molar-refractivity contribution in [2.45, 2.75) is 56.4 Å². The summed E-state index contributed by atoms with van der Waals surface area (Å²) in [5.41, 5.74) is 8.88. The first-order chi connectivity index (χ1) is 10.3. The van der Waals surface area contributed by atoms with Gasteiger partial charge in [-0.3, -0.25) is 0 Å². The van der Waals surface area contributed by atoms with Crippen molar-refractivity contribution in [1.82, 2.24) is 10.1 Å². The molecule has 0 saturated heterocycles. The molecule has 0 radical (unpaired) electrons. The van der Waals surface area contributed by atoms with E-state index in [1.54, 1.807) is 0 Å². The quantitative estimate of drug-likeness (QED) is 0.920. The molecule has 0 aliphatic heterocycles. The highest BCUT2D eigenvalue weighted by Gasteiger charge is 2.30. The average molecular weight is 283 g/mol. The van der Waals surface area contributed by atoms with Crippen molar-refractivity contribution in [2.75, 3.05) is 0 Å². The molecule has 1 aromatic carbocycles. The van der Waals surface area contributed by atoms with Crippen LogP contribution in [0, 0.1) is 0 Å². The first-order valence-electron chi connectivity index (χ1n) is 7.95. The summed E-state index contributed by atoms with van der Waals surface area (Å²) in [6, 6.07) is 8.98. The van der Waals surface area contributed by atoms with E-state index in [9.17, 15) is 0 Å². The van der Waals surface area contributed by atoms with Crippen LogP contribution in [0.5, 0.6) is 0 Å². The Morgan fingerprint density at radius 1 is 1.05 bits per heavy atom. The van der Waals surface area contributed by atoms with Gasteiger partial charge in [-0.1, -0.05) is 29.4 Å². The zero-order valence-corrected chi connectivity index (χ0v) is 12.2. The highest BCUT2D eigenvalue weighted by Crippen LogP contribution is 2.35. The fourth-order valence-corrected chi connectivity index (χ4v) is 3.74. The molecule has 110 valence electrons. The Bertz CT molecular complexity index is 636. The third-order valence-corrected chi connectivity index (χ3v) is 4.99. The van der Waals surface area contributed by atoms with Crippen LogP contribution in [-0.4, -0.2) is 16.2 Å². The molecule has 1 heterocycles. The number of rotatable bonds is 2. The van der Waals surface area contributed by atoms with Gasteiger partial charge in [-0.15, -0.1) is 0 Å². The van der Waals surface area contributed by atoms with Gasteiger partial charge in [0.05, 0.1) is 0 Å². The Morgan fingerprint density at radius 2 is 1.90 bits per heavy atom. The van der Waals surface area contributed by atoms with E-state index in [-0.39, 0.29) is 0 Å². The molecule has 0 spiro atoms. The lowest BCUT2D eigenvalue weighted by Crippen LogP contribution is -2.15. The van der Waals surface area contributed by atoms with Crippen LogP contribution < -0.4 is 5.73 Å². The fraction of sp³-hybridized carbons (Fsp3) is 0.529. The smallest absolute Gasteiger partial charge is 0.229 e. The maximum Gasteiger partial charge on any atom is 0.229 e. The zero-order chi connectivity index (χ0) is 14.2. The van der Waals surface area contributed by atoms with Crippen LogP contribution >= 0.6 is 0 Å². The number of hydrogen-bond acceptors (Lipinski definition) is 4. The van der Waals surface area contributed by atoms with Crippen LogP contribution in [0.4, 0.5) is 0 Å². The molecule has 4 nitrogen and oxygen atoms in total. The maximum absolute atomic E-state index is 5.98. The molecule has 0 amide bonds. The second-order valence-corrected chi connectivity index (χ2v) is 6.47. The van der Waals surface area contributed by atoms with Crippen molar-refractivity contribution in [2.24, 2.45) is 5.73 Å². The highest BCUT2D eigenvalue weighted by molar-refractivity contribution is 5.31. The lowest BCUT2D eigenvalue weighted by Gasteiger charge is -2.21. The van der Waals surface area contributed by atoms with Crippen molar-refractivity contribution in [1.29, 1.82) is 0 Å². The van der Waals surface area contributed by atoms with Crippen LogP contribution in [0.1, 0.15) is 60.4 Å².